The number of aromatic amines is 2. The van der Waals surface area contributed by atoms with Crippen LogP contribution in [-0.2, 0) is 16.0 Å². The summed E-state index contributed by atoms with van der Waals surface area (Å²) < 4.78 is 12.9. The lowest BCUT2D eigenvalue weighted by Crippen LogP contribution is -2.35. The van der Waals surface area contributed by atoms with Crippen LogP contribution in [-0.4, -0.2) is 50.4 Å². The molecule has 28 heavy (non-hydrogen) atoms. The molecule has 1 fully saturated rings. The van der Waals surface area contributed by atoms with E-state index in [0.717, 1.165) is 40.5 Å². The molecule has 0 amide bonds. The van der Waals surface area contributed by atoms with Crippen molar-refractivity contribution in [2.45, 2.75) is 31.6 Å². The number of imidazole rings is 1. The predicted molar refractivity (Wildman–Crippen MR) is 105 cm³/mol. The number of H-pyrrole nitrogens is 2. The van der Waals surface area contributed by atoms with E-state index in [1.165, 1.54) is 0 Å². The predicted octanol–water partition coefficient (Wildman–Crippen LogP) is 2.46. The van der Waals surface area contributed by atoms with Crippen molar-refractivity contribution in [3.05, 3.63) is 47.3 Å². The van der Waals surface area contributed by atoms with Crippen molar-refractivity contribution in [1.82, 2.24) is 24.5 Å². The molecule has 0 spiro atoms. The van der Waals surface area contributed by atoms with Gasteiger partial charge in [-0.1, -0.05) is 0 Å². The summed E-state index contributed by atoms with van der Waals surface area (Å²) in [6.07, 6.45) is 7.36. The van der Waals surface area contributed by atoms with E-state index in [9.17, 15) is 4.79 Å². The molecule has 8 heteroatoms. The zero-order valence-electron chi connectivity index (χ0n) is 15.5. The van der Waals surface area contributed by atoms with Gasteiger partial charge < -0.3 is 14.5 Å². The molecule has 2 N–H and O–H groups in total. The van der Waals surface area contributed by atoms with Crippen LogP contribution >= 0.6 is 0 Å². The van der Waals surface area contributed by atoms with Gasteiger partial charge in [-0.3, -0.25) is 9.55 Å². The minimum atomic E-state index is -0.170. The number of aromatic nitrogens is 5. The maximum Gasteiger partial charge on any atom is 0.327 e. The highest BCUT2D eigenvalue weighted by atomic mass is 16.5. The molecule has 2 unspecified atom stereocenters. The number of hydrogen-bond acceptors (Lipinski definition) is 5. The van der Waals surface area contributed by atoms with Gasteiger partial charge in [0.15, 0.2) is 5.65 Å². The Labute approximate surface area is 160 Å². The van der Waals surface area contributed by atoms with Crippen LogP contribution in [0.4, 0.5) is 0 Å². The molecule has 2 atom stereocenters. The first-order valence-corrected chi connectivity index (χ1v) is 9.38. The lowest BCUT2D eigenvalue weighted by atomic mass is 10.1. The number of methoxy groups -OCH3 is 1. The van der Waals surface area contributed by atoms with Gasteiger partial charge in [-0.05, 0) is 31.0 Å². The Hall–Kier alpha value is -2.97. The molecule has 0 aromatic carbocycles. The van der Waals surface area contributed by atoms with Gasteiger partial charge in [0.25, 0.3) is 0 Å². The third-order valence-electron chi connectivity index (χ3n) is 5.41. The fourth-order valence-corrected chi connectivity index (χ4v) is 3.79. The first-order valence-electron chi connectivity index (χ1n) is 9.38. The molecular formula is C20H21N5O3. The lowest BCUT2D eigenvalue weighted by molar-refractivity contribution is -0.0757. The molecule has 1 aliphatic rings. The van der Waals surface area contributed by atoms with Crippen molar-refractivity contribution < 1.29 is 9.47 Å². The Morgan fingerprint density at radius 3 is 2.82 bits per heavy atom. The molecule has 0 aliphatic carbocycles. The van der Waals surface area contributed by atoms with Crippen LogP contribution in [0, 0.1) is 0 Å². The van der Waals surface area contributed by atoms with E-state index >= 15 is 0 Å². The minimum Gasteiger partial charge on any atom is -0.379 e. The SMILES string of the molecule is COC1CCC(Cn2c(=O)[nH]c3ncc(-c4cnc5[nH]ccc5c4)cc32)OC1. The summed E-state index contributed by atoms with van der Waals surface area (Å²) in [4.78, 5) is 27.3. The molecule has 0 bridgehead atoms. The quantitative estimate of drug-likeness (QED) is 0.568. The lowest BCUT2D eigenvalue weighted by Gasteiger charge is -2.28. The topological polar surface area (TPSA) is 97.8 Å². The molecule has 5 rings (SSSR count). The van der Waals surface area contributed by atoms with Gasteiger partial charge in [0, 0.05) is 42.2 Å². The van der Waals surface area contributed by atoms with Crippen molar-refractivity contribution >= 4 is 22.2 Å². The third kappa shape index (κ3) is 3.00. The summed E-state index contributed by atoms with van der Waals surface area (Å²) in [5.41, 5.74) is 3.90. The summed E-state index contributed by atoms with van der Waals surface area (Å²) in [5.74, 6) is 0. The van der Waals surface area contributed by atoms with E-state index in [-0.39, 0.29) is 17.9 Å². The highest BCUT2D eigenvalue weighted by molar-refractivity contribution is 5.84. The van der Waals surface area contributed by atoms with Gasteiger partial charge in [0.2, 0.25) is 0 Å². The summed E-state index contributed by atoms with van der Waals surface area (Å²) in [6.45, 7) is 1.06. The van der Waals surface area contributed by atoms with Gasteiger partial charge in [0.1, 0.15) is 5.65 Å². The van der Waals surface area contributed by atoms with Crippen LogP contribution in [0.25, 0.3) is 33.3 Å². The Balaban J connectivity index is 1.49. The van der Waals surface area contributed by atoms with E-state index in [1.54, 1.807) is 17.9 Å². The first-order chi connectivity index (χ1) is 13.7. The van der Waals surface area contributed by atoms with Crippen molar-refractivity contribution in [1.29, 1.82) is 0 Å². The summed E-state index contributed by atoms with van der Waals surface area (Å²) in [7, 11) is 1.70. The summed E-state index contributed by atoms with van der Waals surface area (Å²) in [5, 5.41) is 1.03. The third-order valence-corrected chi connectivity index (χ3v) is 5.41. The number of nitrogens with zero attached hydrogens (tertiary/aromatic N) is 3. The van der Waals surface area contributed by atoms with Gasteiger partial charge in [-0.2, -0.15) is 0 Å². The maximum absolute atomic E-state index is 12.5. The highest BCUT2D eigenvalue weighted by Gasteiger charge is 2.23. The van der Waals surface area contributed by atoms with E-state index in [4.69, 9.17) is 9.47 Å². The molecule has 1 saturated heterocycles. The average molecular weight is 379 g/mol. The summed E-state index contributed by atoms with van der Waals surface area (Å²) in [6, 6.07) is 6.03. The first kappa shape index (κ1) is 17.2. The van der Waals surface area contributed by atoms with Gasteiger partial charge in [-0.25, -0.2) is 14.8 Å². The smallest absolute Gasteiger partial charge is 0.327 e. The number of rotatable bonds is 4. The van der Waals surface area contributed by atoms with Crippen LogP contribution in [0.5, 0.6) is 0 Å². The molecule has 0 radical (unpaired) electrons. The largest absolute Gasteiger partial charge is 0.379 e. The molecule has 144 valence electrons. The van der Waals surface area contributed by atoms with Crippen molar-refractivity contribution in [3.8, 4) is 11.1 Å². The number of pyridine rings is 2. The second kappa shape index (κ2) is 6.88. The Morgan fingerprint density at radius 2 is 2.04 bits per heavy atom. The number of nitrogens with one attached hydrogen (secondary N) is 2. The van der Waals surface area contributed by atoms with Gasteiger partial charge in [-0.15, -0.1) is 0 Å². The molecule has 1 aliphatic heterocycles. The standard InChI is InChI=1S/C20H21N5O3/c1-27-16-3-2-15(28-11-16)10-25-17-7-14(9-23-19(17)24-20(25)26)13-6-12-4-5-21-18(12)22-8-13/h4-9,15-16H,2-3,10-11H2,1H3,(H,21,22)(H,23,24,26). The molecular weight excluding hydrogens is 358 g/mol. The van der Waals surface area contributed by atoms with Gasteiger partial charge >= 0.3 is 5.69 Å². The molecule has 4 aromatic heterocycles. The van der Waals surface area contributed by atoms with Crippen molar-refractivity contribution in [3.63, 3.8) is 0 Å². The number of ether oxygens (including phenoxy) is 2. The summed E-state index contributed by atoms with van der Waals surface area (Å²) >= 11 is 0. The monoisotopic (exact) mass is 379 g/mol. The second-order valence-electron chi connectivity index (χ2n) is 7.16. The maximum atomic E-state index is 12.5. The van der Waals surface area contributed by atoms with E-state index in [2.05, 4.69) is 26.0 Å². The van der Waals surface area contributed by atoms with E-state index < -0.39 is 0 Å². The molecule has 0 saturated carbocycles. The Kier molecular flexibility index (Phi) is 4.22. The average Bonchev–Trinajstić information content (AvgIpc) is 3.32. The van der Waals surface area contributed by atoms with Gasteiger partial charge in [0.05, 0.1) is 30.9 Å². The van der Waals surface area contributed by atoms with Crippen molar-refractivity contribution in [2.75, 3.05) is 13.7 Å². The molecule has 8 nitrogen and oxygen atoms in total. The van der Waals surface area contributed by atoms with Crippen molar-refractivity contribution in [2.24, 2.45) is 0 Å². The zero-order chi connectivity index (χ0) is 19.1. The van der Waals surface area contributed by atoms with E-state index in [0.29, 0.717) is 18.8 Å². The Bertz CT molecular complexity index is 1180. The van der Waals surface area contributed by atoms with Crippen LogP contribution in [0.3, 0.4) is 0 Å². The number of hydrogen-bond donors (Lipinski definition) is 2. The zero-order valence-corrected chi connectivity index (χ0v) is 15.5. The fourth-order valence-electron chi connectivity index (χ4n) is 3.79. The van der Waals surface area contributed by atoms with E-state index in [1.807, 2.05) is 24.5 Å². The molecule has 4 aromatic rings. The Morgan fingerprint density at radius 1 is 1.21 bits per heavy atom. The van der Waals surface area contributed by atoms with Crippen LogP contribution in [0.1, 0.15) is 12.8 Å². The fraction of sp³-hybridized carbons (Fsp3) is 0.350. The van der Waals surface area contributed by atoms with Crippen LogP contribution in [0.2, 0.25) is 0 Å². The normalized spacial score (nSPS) is 20.2. The highest BCUT2D eigenvalue weighted by Crippen LogP contribution is 2.25. The number of fused-ring (bicyclic) bond motifs is 2. The minimum absolute atomic E-state index is 0.00960. The molecule has 5 heterocycles. The van der Waals surface area contributed by atoms with Crippen LogP contribution < -0.4 is 5.69 Å². The van der Waals surface area contributed by atoms with Crippen LogP contribution in [0.15, 0.2) is 41.6 Å². The second-order valence-corrected chi connectivity index (χ2v) is 7.16.